The summed E-state index contributed by atoms with van der Waals surface area (Å²) in [6, 6.07) is 14.7. The molecule has 1 aromatic carbocycles. The van der Waals surface area contributed by atoms with Crippen LogP contribution in [0.4, 0.5) is 10.5 Å². The number of benzene rings is 1. The zero-order valence-electron chi connectivity index (χ0n) is 18.0. The van der Waals surface area contributed by atoms with Crippen molar-refractivity contribution in [1.82, 2.24) is 14.4 Å². The summed E-state index contributed by atoms with van der Waals surface area (Å²) < 4.78 is 7.41. The lowest BCUT2D eigenvalue weighted by molar-refractivity contribution is -0.133. The van der Waals surface area contributed by atoms with Crippen LogP contribution in [0.1, 0.15) is 17.0 Å². The van der Waals surface area contributed by atoms with Crippen molar-refractivity contribution in [3.8, 4) is 0 Å². The smallest absolute Gasteiger partial charge is 0.322 e. The molecular formula is C24H28N4O3. The molecule has 7 heteroatoms. The van der Waals surface area contributed by atoms with Gasteiger partial charge in [-0.05, 0) is 48.9 Å². The lowest BCUT2D eigenvalue weighted by atomic mass is 10.2. The zero-order chi connectivity index (χ0) is 22.2. The summed E-state index contributed by atoms with van der Waals surface area (Å²) in [6.45, 7) is 6.58. The molecule has 3 amide bonds. The number of carbonyl (C=O) groups excluding carboxylic acids is 2. The Morgan fingerprint density at radius 3 is 2.61 bits per heavy atom. The summed E-state index contributed by atoms with van der Waals surface area (Å²) in [5.74, 6) is 0.501. The first-order valence-electron chi connectivity index (χ1n) is 10.1. The Kier molecular flexibility index (Phi) is 7.32. The largest absolute Gasteiger partial charge is 0.467 e. The number of nitrogens with one attached hydrogen (secondary N) is 1. The number of hydrogen-bond acceptors (Lipinski definition) is 3. The van der Waals surface area contributed by atoms with Crippen LogP contribution in [0.25, 0.3) is 0 Å². The van der Waals surface area contributed by atoms with Crippen LogP contribution in [0, 0.1) is 6.92 Å². The molecule has 1 N–H and O–H groups in total. The van der Waals surface area contributed by atoms with Gasteiger partial charge in [-0.2, -0.15) is 0 Å². The molecule has 0 aliphatic carbocycles. The summed E-state index contributed by atoms with van der Waals surface area (Å²) in [4.78, 5) is 29.2. The fourth-order valence-corrected chi connectivity index (χ4v) is 3.24. The van der Waals surface area contributed by atoms with Gasteiger partial charge in [-0.1, -0.05) is 18.2 Å². The minimum atomic E-state index is -0.351. The molecule has 3 rings (SSSR count). The highest BCUT2D eigenvalue weighted by Gasteiger charge is 2.22. The summed E-state index contributed by atoms with van der Waals surface area (Å²) >= 11 is 0. The van der Waals surface area contributed by atoms with E-state index in [4.69, 9.17) is 4.42 Å². The summed E-state index contributed by atoms with van der Waals surface area (Å²) in [5.41, 5.74) is 2.71. The van der Waals surface area contributed by atoms with E-state index in [9.17, 15) is 9.59 Å². The van der Waals surface area contributed by atoms with Crippen molar-refractivity contribution in [3.63, 3.8) is 0 Å². The number of aromatic nitrogens is 1. The second kappa shape index (κ2) is 10.3. The Morgan fingerprint density at radius 2 is 1.97 bits per heavy atom. The second-order valence-electron chi connectivity index (χ2n) is 7.41. The van der Waals surface area contributed by atoms with Crippen LogP contribution < -0.4 is 5.32 Å². The number of amides is 3. The molecular weight excluding hydrogens is 392 g/mol. The maximum atomic E-state index is 13.2. The van der Waals surface area contributed by atoms with Crippen molar-refractivity contribution < 1.29 is 14.0 Å². The highest BCUT2D eigenvalue weighted by atomic mass is 16.3. The third kappa shape index (κ3) is 6.12. The molecule has 0 atom stereocenters. The van der Waals surface area contributed by atoms with E-state index in [-0.39, 0.29) is 25.0 Å². The summed E-state index contributed by atoms with van der Waals surface area (Å²) in [7, 11) is 1.93. The predicted octanol–water partition coefficient (Wildman–Crippen LogP) is 4.18. The lowest BCUT2D eigenvalue weighted by Gasteiger charge is -2.27. The third-order valence-electron chi connectivity index (χ3n) is 4.92. The quantitative estimate of drug-likeness (QED) is 0.528. The molecule has 0 fully saturated rings. The van der Waals surface area contributed by atoms with E-state index in [2.05, 4.69) is 11.9 Å². The van der Waals surface area contributed by atoms with E-state index in [1.165, 1.54) is 4.90 Å². The van der Waals surface area contributed by atoms with Gasteiger partial charge in [0.1, 0.15) is 12.3 Å². The Balaban J connectivity index is 1.73. The van der Waals surface area contributed by atoms with E-state index >= 15 is 0 Å². The van der Waals surface area contributed by atoms with Crippen molar-refractivity contribution in [2.75, 3.05) is 18.4 Å². The maximum absolute atomic E-state index is 13.2. The van der Waals surface area contributed by atoms with Gasteiger partial charge in [0.05, 0.1) is 19.4 Å². The second-order valence-corrected chi connectivity index (χ2v) is 7.41. The molecule has 0 bridgehead atoms. The zero-order valence-corrected chi connectivity index (χ0v) is 18.0. The first-order valence-corrected chi connectivity index (χ1v) is 10.1. The van der Waals surface area contributed by atoms with Crippen LogP contribution in [0.3, 0.4) is 0 Å². The van der Waals surface area contributed by atoms with Gasteiger partial charge < -0.3 is 24.1 Å². The van der Waals surface area contributed by atoms with Crippen molar-refractivity contribution in [2.45, 2.75) is 20.0 Å². The molecule has 0 saturated carbocycles. The van der Waals surface area contributed by atoms with E-state index < -0.39 is 0 Å². The number of furan rings is 1. The first-order chi connectivity index (χ1) is 15.0. The van der Waals surface area contributed by atoms with Gasteiger partial charge in [0.2, 0.25) is 5.91 Å². The molecule has 0 aliphatic rings. The molecule has 0 unspecified atom stereocenters. The van der Waals surface area contributed by atoms with Crippen molar-refractivity contribution >= 4 is 17.6 Å². The molecule has 31 heavy (non-hydrogen) atoms. The molecule has 2 aromatic heterocycles. The molecule has 162 valence electrons. The topological polar surface area (TPSA) is 70.7 Å². The number of hydrogen-bond donors (Lipinski definition) is 1. The Hall–Kier alpha value is -3.74. The van der Waals surface area contributed by atoms with E-state index in [0.29, 0.717) is 24.5 Å². The van der Waals surface area contributed by atoms with E-state index in [1.807, 2.05) is 67.2 Å². The number of carbonyl (C=O) groups is 2. The molecule has 2 heterocycles. The molecule has 3 aromatic rings. The minimum absolute atomic E-state index is 0.0746. The van der Waals surface area contributed by atoms with Crippen molar-refractivity contribution in [1.29, 1.82) is 0 Å². The average molecular weight is 421 g/mol. The number of urea groups is 1. The fraction of sp³-hybridized carbons (Fsp3) is 0.250. The standard InChI is InChI=1S/C24H28N4O3/c1-4-12-27(24(30)25-20-9-5-8-19(2)15-20)18-23(29)28(17-22-11-7-14-31-22)16-21-10-6-13-26(21)3/h4-11,13-15H,1,12,16-18H2,2-3H3,(H,25,30). The monoisotopic (exact) mass is 420 g/mol. The minimum Gasteiger partial charge on any atom is -0.467 e. The lowest BCUT2D eigenvalue weighted by Crippen LogP contribution is -2.44. The van der Waals surface area contributed by atoms with Crippen molar-refractivity contribution in [2.24, 2.45) is 7.05 Å². The van der Waals surface area contributed by atoms with Gasteiger partial charge in [0.15, 0.2) is 0 Å². The van der Waals surface area contributed by atoms with Gasteiger partial charge in [-0.25, -0.2) is 4.79 Å². The summed E-state index contributed by atoms with van der Waals surface area (Å²) in [6.07, 6.45) is 5.13. The number of aryl methyl sites for hydroxylation is 2. The number of rotatable bonds is 9. The maximum Gasteiger partial charge on any atom is 0.322 e. The van der Waals surface area contributed by atoms with Crippen LogP contribution in [0.5, 0.6) is 0 Å². The average Bonchev–Trinajstić information content (AvgIpc) is 3.39. The summed E-state index contributed by atoms with van der Waals surface area (Å²) in [5, 5.41) is 2.86. The van der Waals surface area contributed by atoms with Gasteiger partial charge in [-0.3, -0.25) is 4.79 Å². The van der Waals surface area contributed by atoms with E-state index in [1.54, 1.807) is 23.3 Å². The fourth-order valence-electron chi connectivity index (χ4n) is 3.24. The van der Waals surface area contributed by atoms with Gasteiger partial charge in [0.25, 0.3) is 0 Å². The number of nitrogens with zero attached hydrogens (tertiary/aromatic N) is 3. The molecule has 0 aliphatic heterocycles. The van der Waals surface area contributed by atoms with Crippen LogP contribution >= 0.6 is 0 Å². The molecule has 7 nitrogen and oxygen atoms in total. The van der Waals surface area contributed by atoms with Gasteiger partial charge >= 0.3 is 6.03 Å². The van der Waals surface area contributed by atoms with Gasteiger partial charge in [0, 0.05) is 31.2 Å². The Bertz CT molecular complexity index is 1020. The van der Waals surface area contributed by atoms with Crippen LogP contribution in [0.15, 0.2) is 78.1 Å². The first kappa shape index (κ1) is 22.0. The van der Waals surface area contributed by atoms with Crippen LogP contribution in [-0.2, 0) is 24.9 Å². The predicted molar refractivity (Wildman–Crippen MR) is 120 cm³/mol. The molecule has 0 spiro atoms. The molecule has 0 radical (unpaired) electrons. The van der Waals surface area contributed by atoms with E-state index in [0.717, 1.165) is 11.3 Å². The van der Waals surface area contributed by atoms with Crippen molar-refractivity contribution in [3.05, 3.63) is 90.7 Å². The Labute approximate surface area is 182 Å². The normalized spacial score (nSPS) is 10.5. The third-order valence-corrected chi connectivity index (χ3v) is 4.92. The van der Waals surface area contributed by atoms with Crippen LogP contribution in [-0.4, -0.2) is 39.4 Å². The molecule has 0 saturated heterocycles. The highest BCUT2D eigenvalue weighted by Crippen LogP contribution is 2.14. The number of anilines is 1. The highest BCUT2D eigenvalue weighted by molar-refractivity contribution is 5.92. The Morgan fingerprint density at radius 1 is 1.13 bits per heavy atom. The van der Waals surface area contributed by atoms with Gasteiger partial charge in [-0.15, -0.1) is 6.58 Å². The SMILES string of the molecule is C=CCN(CC(=O)N(Cc1ccco1)Cc1cccn1C)C(=O)Nc1cccc(C)c1. The van der Waals surface area contributed by atoms with Crippen LogP contribution in [0.2, 0.25) is 0 Å².